The lowest BCUT2D eigenvalue weighted by Crippen LogP contribution is -2.40. The number of morpholine rings is 1. The fourth-order valence-electron chi connectivity index (χ4n) is 2.66. The molecule has 0 spiro atoms. The Bertz CT molecular complexity index is 781. The molecule has 1 saturated heterocycles. The molecule has 6 nitrogen and oxygen atoms in total. The molecule has 3 rings (SSSR count). The van der Waals surface area contributed by atoms with E-state index in [4.69, 9.17) is 9.47 Å². The smallest absolute Gasteiger partial charge is 0.243 e. The molecule has 0 N–H and O–H groups in total. The number of benzene rings is 1. The second-order valence-electron chi connectivity index (χ2n) is 5.76. The van der Waals surface area contributed by atoms with Crippen LogP contribution >= 0.6 is 11.3 Å². The number of ether oxygens (including phenoxy) is 2. The lowest BCUT2D eigenvalue weighted by Gasteiger charge is -2.26. The number of sulfonamides is 1. The number of thiazole rings is 1. The summed E-state index contributed by atoms with van der Waals surface area (Å²) in [5.41, 5.74) is 1.81. The summed E-state index contributed by atoms with van der Waals surface area (Å²) in [6.07, 6.45) is 1.84. The van der Waals surface area contributed by atoms with Crippen LogP contribution in [0.2, 0.25) is 0 Å². The largest absolute Gasteiger partial charge is 0.385 e. The summed E-state index contributed by atoms with van der Waals surface area (Å²) in [6, 6.07) is 6.96. The molecule has 8 heteroatoms. The summed E-state index contributed by atoms with van der Waals surface area (Å²) in [5.74, 6) is 0. The van der Waals surface area contributed by atoms with Gasteiger partial charge in [-0.1, -0.05) is 12.1 Å². The van der Waals surface area contributed by atoms with Gasteiger partial charge in [-0.05, 0) is 18.6 Å². The fraction of sp³-hybridized carbons (Fsp3) is 0.471. The zero-order valence-corrected chi connectivity index (χ0v) is 15.8. The molecule has 0 unspecified atom stereocenters. The van der Waals surface area contributed by atoms with E-state index in [0.29, 0.717) is 31.2 Å². The molecule has 0 saturated carbocycles. The molecule has 136 valence electrons. The van der Waals surface area contributed by atoms with Crippen molar-refractivity contribution in [3.63, 3.8) is 0 Å². The molecule has 0 amide bonds. The van der Waals surface area contributed by atoms with Crippen LogP contribution in [0, 0.1) is 0 Å². The van der Waals surface area contributed by atoms with Crippen molar-refractivity contribution in [2.24, 2.45) is 0 Å². The SMILES string of the molecule is COCCCc1nc(-c2ccc(S(=O)(=O)N3CCOCC3)cc2)cs1. The lowest BCUT2D eigenvalue weighted by atomic mass is 10.2. The monoisotopic (exact) mass is 382 g/mol. The fourth-order valence-corrected chi connectivity index (χ4v) is 4.92. The van der Waals surface area contributed by atoms with Crippen molar-refractivity contribution in [1.29, 1.82) is 0 Å². The second kappa shape index (κ2) is 8.37. The Balaban J connectivity index is 1.71. The summed E-state index contributed by atoms with van der Waals surface area (Å²) >= 11 is 1.62. The van der Waals surface area contributed by atoms with Gasteiger partial charge in [-0.15, -0.1) is 11.3 Å². The van der Waals surface area contributed by atoms with Crippen LogP contribution in [0.4, 0.5) is 0 Å². The van der Waals surface area contributed by atoms with Gasteiger partial charge in [-0.25, -0.2) is 13.4 Å². The maximum Gasteiger partial charge on any atom is 0.243 e. The summed E-state index contributed by atoms with van der Waals surface area (Å²) < 4.78 is 37.0. The number of nitrogens with zero attached hydrogens (tertiary/aromatic N) is 2. The van der Waals surface area contributed by atoms with Gasteiger partial charge < -0.3 is 9.47 Å². The second-order valence-corrected chi connectivity index (χ2v) is 8.64. The molecule has 0 atom stereocenters. The Labute approximate surface area is 152 Å². The maximum atomic E-state index is 12.6. The number of aryl methyl sites for hydroxylation is 1. The van der Waals surface area contributed by atoms with Gasteiger partial charge in [0, 0.05) is 44.2 Å². The van der Waals surface area contributed by atoms with Crippen LogP contribution in [-0.4, -0.2) is 57.7 Å². The zero-order valence-electron chi connectivity index (χ0n) is 14.2. The summed E-state index contributed by atoms with van der Waals surface area (Å²) in [5, 5.41) is 3.07. The van der Waals surface area contributed by atoms with Crippen LogP contribution in [0.1, 0.15) is 11.4 Å². The minimum atomic E-state index is -3.45. The molecular weight excluding hydrogens is 360 g/mol. The van der Waals surface area contributed by atoms with E-state index in [0.717, 1.165) is 35.7 Å². The summed E-state index contributed by atoms with van der Waals surface area (Å²) in [7, 11) is -1.75. The van der Waals surface area contributed by atoms with Crippen molar-refractivity contribution in [3.8, 4) is 11.3 Å². The maximum absolute atomic E-state index is 12.6. The highest BCUT2D eigenvalue weighted by atomic mass is 32.2. The first-order valence-electron chi connectivity index (χ1n) is 8.23. The Morgan fingerprint density at radius 1 is 1.24 bits per heavy atom. The molecule has 1 aromatic heterocycles. The predicted octanol–water partition coefficient (Wildman–Crippen LogP) is 2.41. The number of hydrogen-bond acceptors (Lipinski definition) is 6. The van der Waals surface area contributed by atoms with E-state index in [1.54, 1.807) is 30.6 Å². The van der Waals surface area contributed by atoms with Crippen LogP contribution in [0.5, 0.6) is 0 Å². The number of methoxy groups -OCH3 is 1. The third kappa shape index (κ3) is 4.45. The van der Waals surface area contributed by atoms with Gasteiger partial charge in [-0.3, -0.25) is 0 Å². The molecule has 2 aromatic rings. The average molecular weight is 383 g/mol. The molecule has 2 heterocycles. The van der Waals surface area contributed by atoms with Crippen molar-refractivity contribution in [3.05, 3.63) is 34.7 Å². The van der Waals surface area contributed by atoms with Crippen molar-refractivity contribution in [1.82, 2.24) is 9.29 Å². The highest BCUT2D eigenvalue weighted by molar-refractivity contribution is 7.89. The molecule has 0 bridgehead atoms. The first-order valence-corrected chi connectivity index (χ1v) is 10.5. The average Bonchev–Trinajstić information content (AvgIpc) is 3.12. The van der Waals surface area contributed by atoms with E-state index < -0.39 is 10.0 Å². The minimum Gasteiger partial charge on any atom is -0.385 e. The number of hydrogen-bond donors (Lipinski definition) is 0. The normalized spacial score (nSPS) is 16.2. The first-order chi connectivity index (χ1) is 12.1. The van der Waals surface area contributed by atoms with E-state index >= 15 is 0 Å². The molecule has 1 fully saturated rings. The summed E-state index contributed by atoms with van der Waals surface area (Å²) in [6.45, 7) is 2.43. The molecule has 0 aliphatic carbocycles. The quantitative estimate of drug-likeness (QED) is 0.688. The lowest BCUT2D eigenvalue weighted by molar-refractivity contribution is 0.0730. The van der Waals surface area contributed by atoms with Crippen LogP contribution in [0.3, 0.4) is 0 Å². The van der Waals surface area contributed by atoms with E-state index in [2.05, 4.69) is 4.98 Å². The van der Waals surface area contributed by atoms with Crippen molar-refractivity contribution in [2.45, 2.75) is 17.7 Å². The van der Waals surface area contributed by atoms with Crippen molar-refractivity contribution >= 4 is 21.4 Å². The standard InChI is InChI=1S/C17H22N2O4S2/c1-22-10-2-3-17-18-16(13-24-17)14-4-6-15(7-5-14)25(20,21)19-8-11-23-12-9-19/h4-7,13H,2-3,8-12H2,1H3. The Morgan fingerprint density at radius 3 is 2.64 bits per heavy atom. The van der Waals surface area contributed by atoms with Crippen LogP contribution in [-0.2, 0) is 25.9 Å². The van der Waals surface area contributed by atoms with E-state index in [9.17, 15) is 8.42 Å². The minimum absolute atomic E-state index is 0.314. The number of aromatic nitrogens is 1. The van der Waals surface area contributed by atoms with Gasteiger partial charge in [0.1, 0.15) is 0 Å². The Morgan fingerprint density at radius 2 is 1.96 bits per heavy atom. The predicted molar refractivity (Wildman–Crippen MR) is 97.3 cm³/mol. The van der Waals surface area contributed by atoms with E-state index in [-0.39, 0.29) is 0 Å². The Hall–Kier alpha value is -1.32. The molecule has 1 aliphatic rings. The van der Waals surface area contributed by atoms with Gasteiger partial charge in [0.25, 0.3) is 0 Å². The topological polar surface area (TPSA) is 68.7 Å². The highest BCUT2D eigenvalue weighted by Crippen LogP contribution is 2.25. The van der Waals surface area contributed by atoms with E-state index in [1.165, 1.54) is 4.31 Å². The molecule has 1 aliphatic heterocycles. The van der Waals surface area contributed by atoms with Gasteiger partial charge in [0.2, 0.25) is 10.0 Å². The van der Waals surface area contributed by atoms with Gasteiger partial charge in [0.15, 0.2) is 0 Å². The van der Waals surface area contributed by atoms with Crippen LogP contribution in [0.15, 0.2) is 34.5 Å². The molecule has 1 aromatic carbocycles. The zero-order chi connectivity index (χ0) is 17.7. The van der Waals surface area contributed by atoms with Crippen molar-refractivity contribution in [2.75, 3.05) is 40.0 Å². The Kier molecular flexibility index (Phi) is 6.19. The molecule has 0 radical (unpaired) electrons. The van der Waals surface area contributed by atoms with Crippen LogP contribution < -0.4 is 0 Å². The van der Waals surface area contributed by atoms with Gasteiger partial charge in [0.05, 0.1) is 28.8 Å². The molecular formula is C17H22N2O4S2. The van der Waals surface area contributed by atoms with Crippen molar-refractivity contribution < 1.29 is 17.9 Å². The third-order valence-electron chi connectivity index (χ3n) is 4.05. The highest BCUT2D eigenvalue weighted by Gasteiger charge is 2.26. The summed E-state index contributed by atoms with van der Waals surface area (Å²) in [4.78, 5) is 4.93. The van der Waals surface area contributed by atoms with Crippen LogP contribution in [0.25, 0.3) is 11.3 Å². The van der Waals surface area contributed by atoms with E-state index in [1.807, 2.05) is 17.5 Å². The third-order valence-corrected chi connectivity index (χ3v) is 6.87. The van der Waals surface area contributed by atoms with Gasteiger partial charge >= 0.3 is 0 Å². The molecule has 25 heavy (non-hydrogen) atoms. The number of rotatable bonds is 7. The first kappa shape index (κ1) is 18.5. The van der Waals surface area contributed by atoms with Gasteiger partial charge in [-0.2, -0.15) is 4.31 Å².